The molecular formula is C20H21BrN2O3. The minimum atomic E-state index is -0.367. The second-order valence-corrected chi connectivity index (χ2v) is 7.31. The van der Waals surface area contributed by atoms with Gasteiger partial charge in [-0.1, -0.05) is 15.9 Å². The number of hydrogen-bond acceptors (Lipinski definition) is 3. The number of halogens is 1. The van der Waals surface area contributed by atoms with Crippen molar-refractivity contribution in [2.45, 2.75) is 20.3 Å². The van der Waals surface area contributed by atoms with E-state index in [0.717, 1.165) is 32.7 Å². The predicted octanol–water partition coefficient (Wildman–Crippen LogP) is 4.07. The molecule has 0 bridgehead atoms. The first-order valence-corrected chi connectivity index (χ1v) is 9.20. The maximum Gasteiger partial charge on any atom is 0.229 e. The first-order valence-electron chi connectivity index (χ1n) is 8.41. The predicted molar refractivity (Wildman–Crippen MR) is 106 cm³/mol. The summed E-state index contributed by atoms with van der Waals surface area (Å²) in [5, 5.41) is 2.94. The van der Waals surface area contributed by atoms with Gasteiger partial charge in [0.2, 0.25) is 11.8 Å². The van der Waals surface area contributed by atoms with Crippen LogP contribution in [0.1, 0.15) is 17.5 Å². The molecule has 5 nitrogen and oxygen atoms in total. The van der Waals surface area contributed by atoms with Crippen LogP contribution in [0.2, 0.25) is 0 Å². The van der Waals surface area contributed by atoms with Gasteiger partial charge in [-0.25, -0.2) is 0 Å². The molecule has 3 rings (SSSR count). The lowest BCUT2D eigenvalue weighted by Gasteiger charge is -2.17. The Labute approximate surface area is 161 Å². The van der Waals surface area contributed by atoms with Crippen LogP contribution >= 0.6 is 15.9 Å². The standard InChI is InChI=1S/C20H21BrN2O3/c1-12-8-15(9-13(2)19(12)21)22-20(25)14-10-18(24)23(11-14)16-4-6-17(26-3)7-5-16/h4-9,14H,10-11H2,1-3H3,(H,22,25)/t14-/m0/s1. The third kappa shape index (κ3) is 3.75. The summed E-state index contributed by atoms with van der Waals surface area (Å²) in [6.07, 6.45) is 0.215. The van der Waals surface area contributed by atoms with E-state index < -0.39 is 0 Å². The fraction of sp³-hybridized carbons (Fsp3) is 0.300. The molecule has 136 valence electrons. The van der Waals surface area contributed by atoms with Crippen molar-refractivity contribution in [1.82, 2.24) is 0 Å². The van der Waals surface area contributed by atoms with Gasteiger partial charge < -0.3 is 15.0 Å². The van der Waals surface area contributed by atoms with Crippen LogP contribution in [0.3, 0.4) is 0 Å². The lowest BCUT2D eigenvalue weighted by Crippen LogP contribution is -2.28. The van der Waals surface area contributed by atoms with Crippen molar-refractivity contribution in [3.63, 3.8) is 0 Å². The van der Waals surface area contributed by atoms with E-state index >= 15 is 0 Å². The molecule has 0 radical (unpaired) electrons. The molecule has 6 heteroatoms. The molecule has 0 aromatic heterocycles. The third-order valence-corrected chi connectivity index (χ3v) is 5.83. The van der Waals surface area contributed by atoms with Gasteiger partial charge in [0, 0.05) is 28.8 Å². The van der Waals surface area contributed by atoms with Gasteiger partial charge in [-0.15, -0.1) is 0 Å². The molecule has 2 amide bonds. The van der Waals surface area contributed by atoms with Crippen LogP contribution in [0.5, 0.6) is 5.75 Å². The molecule has 2 aromatic rings. The van der Waals surface area contributed by atoms with Gasteiger partial charge in [0.05, 0.1) is 13.0 Å². The lowest BCUT2D eigenvalue weighted by atomic mass is 10.1. The van der Waals surface area contributed by atoms with Gasteiger partial charge in [-0.05, 0) is 61.4 Å². The summed E-state index contributed by atoms with van der Waals surface area (Å²) in [6, 6.07) is 11.1. The first-order chi connectivity index (χ1) is 12.4. The molecule has 1 N–H and O–H groups in total. The highest BCUT2D eigenvalue weighted by molar-refractivity contribution is 9.10. The maximum atomic E-state index is 12.6. The molecule has 1 heterocycles. The number of anilines is 2. The summed E-state index contributed by atoms with van der Waals surface area (Å²) in [5.74, 6) is 0.193. The number of benzene rings is 2. The molecule has 0 aliphatic carbocycles. The summed E-state index contributed by atoms with van der Waals surface area (Å²) in [4.78, 5) is 26.6. The van der Waals surface area contributed by atoms with Crippen molar-refractivity contribution in [2.75, 3.05) is 23.9 Å². The van der Waals surface area contributed by atoms with Crippen LogP contribution in [0.4, 0.5) is 11.4 Å². The van der Waals surface area contributed by atoms with Crippen LogP contribution in [-0.4, -0.2) is 25.5 Å². The molecule has 1 aliphatic rings. The first kappa shape index (κ1) is 18.5. The minimum absolute atomic E-state index is 0.0431. The van der Waals surface area contributed by atoms with E-state index in [1.807, 2.05) is 50.2 Å². The zero-order valence-electron chi connectivity index (χ0n) is 15.0. The molecular weight excluding hydrogens is 396 g/mol. The number of carbonyl (C=O) groups excluding carboxylic acids is 2. The highest BCUT2D eigenvalue weighted by atomic mass is 79.9. The van der Waals surface area contributed by atoms with Crippen molar-refractivity contribution in [3.05, 3.63) is 52.0 Å². The van der Waals surface area contributed by atoms with Crippen LogP contribution in [0.15, 0.2) is 40.9 Å². The number of rotatable bonds is 4. The Morgan fingerprint density at radius 2 is 1.81 bits per heavy atom. The van der Waals surface area contributed by atoms with Crippen LogP contribution in [-0.2, 0) is 9.59 Å². The number of carbonyl (C=O) groups is 2. The number of methoxy groups -OCH3 is 1. The number of ether oxygens (including phenoxy) is 1. The van der Waals surface area contributed by atoms with E-state index in [4.69, 9.17) is 4.74 Å². The van der Waals surface area contributed by atoms with Crippen molar-refractivity contribution in [2.24, 2.45) is 5.92 Å². The van der Waals surface area contributed by atoms with Gasteiger partial charge in [-0.3, -0.25) is 9.59 Å². The van der Waals surface area contributed by atoms with E-state index in [9.17, 15) is 9.59 Å². The van der Waals surface area contributed by atoms with Gasteiger partial charge in [0.25, 0.3) is 0 Å². The van der Waals surface area contributed by atoms with Crippen molar-refractivity contribution in [1.29, 1.82) is 0 Å². The monoisotopic (exact) mass is 416 g/mol. The summed E-state index contributed by atoms with van der Waals surface area (Å²) in [6.45, 7) is 4.35. The lowest BCUT2D eigenvalue weighted by molar-refractivity contribution is -0.122. The zero-order valence-corrected chi connectivity index (χ0v) is 16.6. The molecule has 1 aliphatic heterocycles. The normalized spacial score (nSPS) is 16.7. The highest BCUT2D eigenvalue weighted by Gasteiger charge is 2.35. The average molecular weight is 417 g/mol. The second kappa shape index (κ2) is 7.50. The van der Waals surface area contributed by atoms with E-state index in [-0.39, 0.29) is 24.2 Å². The Morgan fingerprint density at radius 1 is 1.19 bits per heavy atom. The third-order valence-electron chi connectivity index (χ3n) is 4.58. The Kier molecular flexibility index (Phi) is 5.32. The summed E-state index contributed by atoms with van der Waals surface area (Å²) >= 11 is 3.52. The molecule has 0 saturated carbocycles. The van der Waals surface area contributed by atoms with Gasteiger partial charge >= 0.3 is 0 Å². The summed E-state index contributed by atoms with van der Waals surface area (Å²) in [7, 11) is 1.60. The van der Waals surface area contributed by atoms with Gasteiger partial charge in [0.1, 0.15) is 5.75 Å². The van der Waals surface area contributed by atoms with Crippen molar-refractivity contribution >= 4 is 39.1 Å². The van der Waals surface area contributed by atoms with Crippen LogP contribution in [0.25, 0.3) is 0 Å². The minimum Gasteiger partial charge on any atom is -0.497 e. The van der Waals surface area contributed by atoms with Crippen molar-refractivity contribution in [3.8, 4) is 5.75 Å². The van der Waals surface area contributed by atoms with E-state index in [2.05, 4.69) is 21.2 Å². The van der Waals surface area contributed by atoms with E-state index in [1.165, 1.54) is 0 Å². The van der Waals surface area contributed by atoms with Gasteiger partial charge in [0.15, 0.2) is 0 Å². The van der Waals surface area contributed by atoms with Crippen LogP contribution in [0, 0.1) is 19.8 Å². The number of hydrogen-bond donors (Lipinski definition) is 1. The molecule has 0 spiro atoms. The zero-order chi connectivity index (χ0) is 18.8. The molecule has 1 saturated heterocycles. The Morgan fingerprint density at radius 3 is 2.38 bits per heavy atom. The fourth-order valence-corrected chi connectivity index (χ4v) is 3.39. The number of nitrogens with one attached hydrogen (secondary N) is 1. The SMILES string of the molecule is COc1ccc(N2C[C@@H](C(=O)Nc3cc(C)c(Br)c(C)c3)CC2=O)cc1. The Bertz CT molecular complexity index is 826. The maximum absolute atomic E-state index is 12.6. The quantitative estimate of drug-likeness (QED) is 0.816. The Hall–Kier alpha value is -2.34. The van der Waals surface area contributed by atoms with Crippen LogP contribution < -0.4 is 15.0 Å². The molecule has 2 aromatic carbocycles. The largest absolute Gasteiger partial charge is 0.497 e. The molecule has 1 fully saturated rings. The topological polar surface area (TPSA) is 58.6 Å². The Balaban J connectivity index is 1.70. The summed E-state index contributed by atoms with van der Waals surface area (Å²) < 4.78 is 6.18. The molecule has 0 unspecified atom stereocenters. The smallest absolute Gasteiger partial charge is 0.229 e. The van der Waals surface area contributed by atoms with E-state index in [1.54, 1.807) is 12.0 Å². The van der Waals surface area contributed by atoms with Gasteiger partial charge in [-0.2, -0.15) is 0 Å². The highest BCUT2D eigenvalue weighted by Crippen LogP contribution is 2.29. The van der Waals surface area contributed by atoms with Crippen molar-refractivity contribution < 1.29 is 14.3 Å². The fourth-order valence-electron chi connectivity index (χ4n) is 3.16. The summed E-state index contributed by atoms with van der Waals surface area (Å²) in [5.41, 5.74) is 3.65. The second-order valence-electron chi connectivity index (χ2n) is 6.52. The average Bonchev–Trinajstić information content (AvgIpc) is 3.01. The number of amides is 2. The number of aryl methyl sites for hydroxylation is 2. The van der Waals surface area contributed by atoms with E-state index in [0.29, 0.717) is 6.54 Å². The molecule has 26 heavy (non-hydrogen) atoms. The molecule has 1 atom stereocenters. The number of nitrogens with zero attached hydrogens (tertiary/aromatic N) is 1.